The van der Waals surface area contributed by atoms with Crippen LogP contribution in [0.4, 0.5) is 17.8 Å². The number of rotatable bonds is 15. The molecule has 42 heavy (non-hydrogen) atoms. The zero-order valence-electron chi connectivity index (χ0n) is 25.2. The van der Waals surface area contributed by atoms with Crippen molar-refractivity contribution in [3.63, 3.8) is 0 Å². The minimum Gasteiger partial charge on any atom is -0.377 e. The molecule has 10 nitrogen and oxygen atoms in total. The molecule has 0 radical (unpaired) electrons. The van der Waals surface area contributed by atoms with Gasteiger partial charge >= 0.3 is 0 Å². The highest BCUT2D eigenvalue weighted by atomic mass is 16.5. The van der Waals surface area contributed by atoms with Crippen molar-refractivity contribution in [1.29, 1.82) is 0 Å². The molecule has 0 bridgehead atoms. The number of hydrogen-bond acceptors (Lipinski definition) is 9. The fourth-order valence-corrected chi connectivity index (χ4v) is 5.64. The zero-order valence-corrected chi connectivity index (χ0v) is 25.2. The largest absolute Gasteiger partial charge is 0.377 e. The Labute approximate surface area is 251 Å². The maximum absolute atomic E-state index is 12.0. The third-order valence-corrected chi connectivity index (χ3v) is 7.98. The molecule has 0 aliphatic heterocycles. The monoisotopic (exact) mass is 581 g/mol. The lowest BCUT2D eigenvalue weighted by Gasteiger charge is -2.23. The molecule has 0 spiro atoms. The van der Waals surface area contributed by atoms with Gasteiger partial charge in [-0.05, 0) is 37.8 Å². The van der Waals surface area contributed by atoms with Crippen molar-refractivity contribution in [1.82, 2.24) is 20.3 Å². The van der Waals surface area contributed by atoms with Crippen molar-refractivity contribution in [3.05, 3.63) is 35.9 Å². The van der Waals surface area contributed by atoms with E-state index in [4.69, 9.17) is 24.4 Å². The van der Waals surface area contributed by atoms with Gasteiger partial charge in [0.25, 0.3) is 5.91 Å². The number of ether oxygens (including phenoxy) is 2. The van der Waals surface area contributed by atoms with Gasteiger partial charge < -0.3 is 30.7 Å². The van der Waals surface area contributed by atoms with E-state index in [-0.39, 0.29) is 5.91 Å². The number of benzene rings is 1. The molecule has 10 heteroatoms. The Balaban J connectivity index is 1.18. The molecule has 2 fully saturated rings. The topological polar surface area (TPSA) is 122 Å². The summed E-state index contributed by atoms with van der Waals surface area (Å²) in [4.78, 5) is 26.3. The molecule has 1 heterocycles. The molecule has 0 saturated heterocycles. The molecule has 0 atom stereocenters. The average Bonchev–Trinajstić information content (AvgIpc) is 2.97. The van der Waals surface area contributed by atoms with Crippen LogP contribution in [0.5, 0.6) is 0 Å². The maximum atomic E-state index is 12.0. The maximum Gasteiger partial charge on any atom is 0.251 e. The van der Waals surface area contributed by atoms with Gasteiger partial charge in [0.2, 0.25) is 17.8 Å². The lowest BCUT2D eigenvalue weighted by Crippen LogP contribution is -2.27. The summed E-state index contributed by atoms with van der Waals surface area (Å²) in [6, 6.07) is 9.99. The first kappa shape index (κ1) is 31.9. The van der Waals surface area contributed by atoms with Crippen molar-refractivity contribution in [2.75, 3.05) is 55.5 Å². The van der Waals surface area contributed by atoms with Gasteiger partial charge in [0.05, 0.1) is 26.4 Å². The summed E-state index contributed by atoms with van der Waals surface area (Å²) in [5.74, 6) is 1.78. The van der Waals surface area contributed by atoms with Crippen LogP contribution in [0, 0.1) is 0 Å². The van der Waals surface area contributed by atoms with E-state index in [1.807, 2.05) is 18.2 Å². The molecule has 2 aliphatic carbocycles. The lowest BCUT2D eigenvalue weighted by molar-refractivity contribution is 0.0519. The Morgan fingerprint density at radius 1 is 0.619 bits per heavy atom. The van der Waals surface area contributed by atoms with Gasteiger partial charge in [0.15, 0.2) is 0 Å². The minimum atomic E-state index is -0.0917. The number of nitrogens with one attached hydrogen (secondary N) is 4. The van der Waals surface area contributed by atoms with E-state index in [0.29, 0.717) is 75.0 Å². The van der Waals surface area contributed by atoms with Gasteiger partial charge in [-0.2, -0.15) is 15.0 Å². The van der Waals surface area contributed by atoms with E-state index in [2.05, 4.69) is 21.3 Å². The van der Waals surface area contributed by atoms with Crippen LogP contribution in [0.3, 0.4) is 0 Å². The predicted molar refractivity (Wildman–Crippen MR) is 168 cm³/mol. The predicted octanol–water partition coefficient (Wildman–Crippen LogP) is 5.80. The van der Waals surface area contributed by atoms with Gasteiger partial charge in [0, 0.05) is 30.7 Å². The molecule has 2 aromatic rings. The van der Waals surface area contributed by atoms with E-state index in [1.165, 1.54) is 64.2 Å². The number of carbonyl (C=O) groups is 1. The highest BCUT2D eigenvalue weighted by Crippen LogP contribution is 2.22. The standard InChI is InChI=1S/C32H51N7O3/c40-29(26-14-8-7-9-15-26)33-20-22-41-24-25-42-23-21-34-30-37-31(35-27-16-10-3-1-4-11-17-27)39-32(38-30)36-28-18-12-5-2-6-13-19-28/h7-9,14-15,27-28H,1-6,10-13,16-25H2,(H,33,40)(H3,34,35,36,37,38,39). The van der Waals surface area contributed by atoms with Crippen molar-refractivity contribution in [2.24, 2.45) is 0 Å². The number of aromatic nitrogens is 3. The fourth-order valence-electron chi connectivity index (χ4n) is 5.64. The van der Waals surface area contributed by atoms with Gasteiger partial charge in [-0.1, -0.05) is 82.4 Å². The first-order chi connectivity index (χ1) is 20.8. The summed E-state index contributed by atoms with van der Waals surface area (Å²) in [5.41, 5.74) is 0.650. The molecule has 4 rings (SSSR count). The number of carbonyl (C=O) groups excluding carboxylic acids is 1. The number of hydrogen-bond donors (Lipinski definition) is 4. The molecule has 2 saturated carbocycles. The first-order valence-corrected chi connectivity index (χ1v) is 16.3. The average molecular weight is 582 g/mol. The summed E-state index contributed by atoms with van der Waals surface area (Å²) in [6.07, 6.45) is 17.6. The van der Waals surface area contributed by atoms with Crippen LogP contribution in [0.2, 0.25) is 0 Å². The summed E-state index contributed by atoms with van der Waals surface area (Å²) >= 11 is 0. The van der Waals surface area contributed by atoms with Crippen molar-refractivity contribution in [2.45, 2.75) is 102 Å². The molecule has 4 N–H and O–H groups in total. The van der Waals surface area contributed by atoms with Gasteiger partial charge in [-0.25, -0.2) is 0 Å². The van der Waals surface area contributed by atoms with Gasteiger partial charge in [-0.15, -0.1) is 0 Å². The Morgan fingerprint density at radius 2 is 1.10 bits per heavy atom. The summed E-state index contributed by atoms with van der Waals surface area (Å²) in [7, 11) is 0. The molecular weight excluding hydrogens is 530 g/mol. The van der Waals surface area contributed by atoms with Crippen LogP contribution in [0.15, 0.2) is 30.3 Å². The number of anilines is 3. The Bertz CT molecular complexity index is 968. The third kappa shape index (κ3) is 12.5. The van der Waals surface area contributed by atoms with E-state index >= 15 is 0 Å². The highest BCUT2D eigenvalue weighted by Gasteiger charge is 2.17. The molecule has 0 unspecified atom stereocenters. The van der Waals surface area contributed by atoms with E-state index in [0.717, 1.165) is 25.7 Å². The van der Waals surface area contributed by atoms with Crippen LogP contribution >= 0.6 is 0 Å². The van der Waals surface area contributed by atoms with Crippen LogP contribution < -0.4 is 21.3 Å². The summed E-state index contributed by atoms with van der Waals surface area (Å²) < 4.78 is 11.3. The van der Waals surface area contributed by atoms with Crippen LogP contribution in [0.1, 0.15) is 100 Å². The molecule has 1 amide bonds. The Hall–Kier alpha value is -2.98. The molecule has 1 aromatic heterocycles. The van der Waals surface area contributed by atoms with E-state index in [1.54, 1.807) is 12.1 Å². The molecular formula is C32H51N7O3. The van der Waals surface area contributed by atoms with Crippen LogP contribution in [-0.4, -0.2) is 72.5 Å². The highest BCUT2D eigenvalue weighted by molar-refractivity contribution is 5.94. The van der Waals surface area contributed by atoms with Crippen molar-refractivity contribution in [3.8, 4) is 0 Å². The van der Waals surface area contributed by atoms with E-state index in [9.17, 15) is 4.79 Å². The second-order valence-electron chi connectivity index (χ2n) is 11.5. The van der Waals surface area contributed by atoms with E-state index < -0.39 is 0 Å². The van der Waals surface area contributed by atoms with Gasteiger partial charge in [0.1, 0.15) is 0 Å². The molecule has 1 aromatic carbocycles. The second-order valence-corrected chi connectivity index (χ2v) is 11.5. The SMILES string of the molecule is O=C(NCCOCCOCCNc1nc(NC2CCCCCCC2)nc(NC2CCCCCCC2)n1)c1ccccc1. The zero-order chi connectivity index (χ0) is 29.1. The molecule has 232 valence electrons. The molecule has 2 aliphatic rings. The minimum absolute atomic E-state index is 0.0917. The van der Waals surface area contributed by atoms with Crippen molar-refractivity contribution < 1.29 is 14.3 Å². The Morgan fingerprint density at radius 3 is 1.64 bits per heavy atom. The van der Waals surface area contributed by atoms with Crippen molar-refractivity contribution >= 4 is 23.8 Å². The second kappa shape index (κ2) is 19.3. The quantitative estimate of drug-likeness (QED) is 0.193. The normalized spacial score (nSPS) is 17.3. The summed E-state index contributed by atoms with van der Waals surface area (Å²) in [5, 5.41) is 13.4. The smallest absolute Gasteiger partial charge is 0.251 e. The van der Waals surface area contributed by atoms with Crippen LogP contribution in [-0.2, 0) is 9.47 Å². The number of amides is 1. The van der Waals surface area contributed by atoms with Crippen LogP contribution in [0.25, 0.3) is 0 Å². The number of nitrogens with zero attached hydrogens (tertiary/aromatic N) is 3. The fraction of sp³-hybridized carbons (Fsp3) is 0.688. The Kier molecular flexibility index (Phi) is 14.6. The van der Waals surface area contributed by atoms with Gasteiger partial charge in [-0.3, -0.25) is 4.79 Å². The first-order valence-electron chi connectivity index (χ1n) is 16.3. The lowest BCUT2D eigenvalue weighted by atomic mass is 9.97. The summed E-state index contributed by atoms with van der Waals surface area (Å²) in [6.45, 7) is 2.95. The third-order valence-electron chi connectivity index (χ3n) is 7.98.